The fourth-order valence-electron chi connectivity index (χ4n) is 3.07. The summed E-state index contributed by atoms with van der Waals surface area (Å²) in [4.78, 5) is 14.5. The topological polar surface area (TPSA) is 41.6 Å². The summed E-state index contributed by atoms with van der Waals surface area (Å²) in [7, 11) is 1.47. The smallest absolute Gasteiger partial charge is 0.325 e. The Labute approximate surface area is 130 Å². The fraction of sp³-hybridized carbons (Fsp3) is 0.941. The van der Waals surface area contributed by atoms with E-state index < -0.39 is 5.54 Å². The van der Waals surface area contributed by atoms with Crippen LogP contribution in [0.5, 0.6) is 0 Å². The molecule has 21 heavy (non-hydrogen) atoms. The molecule has 0 bridgehead atoms. The van der Waals surface area contributed by atoms with Crippen molar-refractivity contribution in [2.45, 2.75) is 65.3 Å². The molecule has 0 aliphatic carbocycles. The van der Waals surface area contributed by atoms with Gasteiger partial charge in [-0.15, -0.1) is 0 Å². The van der Waals surface area contributed by atoms with Gasteiger partial charge in [-0.3, -0.25) is 4.79 Å². The van der Waals surface area contributed by atoms with Crippen LogP contribution in [-0.4, -0.2) is 49.7 Å². The summed E-state index contributed by atoms with van der Waals surface area (Å²) >= 11 is 0. The van der Waals surface area contributed by atoms with E-state index in [9.17, 15) is 4.79 Å². The van der Waals surface area contributed by atoms with Crippen LogP contribution in [0.3, 0.4) is 0 Å². The molecule has 0 radical (unpaired) electrons. The number of nitrogens with zero attached hydrogens (tertiary/aromatic N) is 1. The number of methoxy groups -OCH3 is 1. The molecule has 0 amide bonds. The lowest BCUT2D eigenvalue weighted by Crippen LogP contribution is -2.50. The van der Waals surface area contributed by atoms with Gasteiger partial charge in [0.15, 0.2) is 0 Å². The summed E-state index contributed by atoms with van der Waals surface area (Å²) in [5.74, 6) is -0.149. The highest BCUT2D eigenvalue weighted by Crippen LogP contribution is 2.29. The SMILES string of the molecule is CCNC(C)(CCCCN1CCC(C)(C)CC1)C(=O)OC. The summed E-state index contributed by atoms with van der Waals surface area (Å²) in [6, 6.07) is 0. The largest absolute Gasteiger partial charge is 0.468 e. The summed E-state index contributed by atoms with van der Waals surface area (Å²) in [6.07, 6.45) is 5.64. The third-order valence-corrected chi connectivity index (χ3v) is 4.81. The van der Waals surface area contributed by atoms with E-state index in [1.165, 1.54) is 33.0 Å². The van der Waals surface area contributed by atoms with E-state index in [1.54, 1.807) is 0 Å². The molecule has 1 fully saturated rings. The Bertz CT molecular complexity index is 321. The van der Waals surface area contributed by atoms with Crippen LogP contribution in [0.15, 0.2) is 0 Å². The lowest BCUT2D eigenvalue weighted by Gasteiger charge is -2.37. The Kier molecular flexibility index (Phi) is 7.14. The number of likely N-dealkylation sites (N-methyl/N-ethyl adjacent to an activating group) is 1. The molecule has 1 aliphatic rings. The molecule has 1 unspecified atom stereocenters. The maximum atomic E-state index is 11.9. The monoisotopic (exact) mass is 298 g/mol. The summed E-state index contributed by atoms with van der Waals surface area (Å²) in [5.41, 5.74) is -0.0155. The summed E-state index contributed by atoms with van der Waals surface area (Å²) < 4.78 is 4.93. The van der Waals surface area contributed by atoms with E-state index in [2.05, 4.69) is 24.1 Å². The highest BCUT2D eigenvalue weighted by molar-refractivity contribution is 5.80. The Balaban J connectivity index is 2.27. The highest BCUT2D eigenvalue weighted by Gasteiger charge is 2.32. The van der Waals surface area contributed by atoms with Gasteiger partial charge < -0.3 is 15.0 Å². The van der Waals surface area contributed by atoms with E-state index in [0.717, 1.165) is 32.4 Å². The number of carbonyl (C=O) groups excluding carboxylic acids is 1. The number of esters is 1. The molecule has 1 saturated heterocycles. The molecule has 1 atom stereocenters. The van der Waals surface area contributed by atoms with Gasteiger partial charge in [0.25, 0.3) is 0 Å². The zero-order valence-corrected chi connectivity index (χ0v) is 14.6. The van der Waals surface area contributed by atoms with E-state index in [0.29, 0.717) is 5.41 Å². The number of piperidine rings is 1. The van der Waals surface area contributed by atoms with Crippen molar-refractivity contribution in [2.75, 3.05) is 33.3 Å². The first-order valence-electron chi connectivity index (χ1n) is 8.39. The van der Waals surface area contributed by atoms with Gasteiger partial charge in [0.2, 0.25) is 0 Å². The molecule has 0 spiro atoms. The minimum absolute atomic E-state index is 0.149. The van der Waals surface area contributed by atoms with Crippen LogP contribution in [0.1, 0.15) is 59.8 Å². The quantitative estimate of drug-likeness (QED) is 0.553. The maximum Gasteiger partial charge on any atom is 0.325 e. The molecule has 4 nitrogen and oxygen atoms in total. The van der Waals surface area contributed by atoms with E-state index in [4.69, 9.17) is 4.74 Å². The molecular weight excluding hydrogens is 264 g/mol. The van der Waals surface area contributed by atoms with Gasteiger partial charge in [-0.1, -0.05) is 20.8 Å². The average molecular weight is 298 g/mol. The van der Waals surface area contributed by atoms with E-state index >= 15 is 0 Å². The average Bonchev–Trinajstić information content (AvgIpc) is 2.44. The summed E-state index contributed by atoms with van der Waals surface area (Å²) in [6.45, 7) is 13.1. The second-order valence-corrected chi connectivity index (χ2v) is 7.32. The van der Waals surface area contributed by atoms with Crippen molar-refractivity contribution < 1.29 is 9.53 Å². The molecule has 1 N–H and O–H groups in total. The van der Waals surface area contributed by atoms with Gasteiger partial charge in [-0.25, -0.2) is 0 Å². The van der Waals surface area contributed by atoms with Crippen LogP contribution in [0.25, 0.3) is 0 Å². The van der Waals surface area contributed by atoms with Crippen LogP contribution in [0, 0.1) is 5.41 Å². The van der Waals surface area contributed by atoms with Gasteiger partial charge in [0.05, 0.1) is 7.11 Å². The van der Waals surface area contributed by atoms with Crippen molar-refractivity contribution in [3.05, 3.63) is 0 Å². The first-order valence-corrected chi connectivity index (χ1v) is 8.39. The number of likely N-dealkylation sites (tertiary alicyclic amines) is 1. The molecule has 0 aromatic rings. The number of ether oxygens (including phenoxy) is 1. The fourth-order valence-corrected chi connectivity index (χ4v) is 3.07. The molecule has 4 heteroatoms. The maximum absolute atomic E-state index is 11.9. The van der Waals surface area contributed by atoms with Crippen molar-refractivity contribution in [1.29, 1.82) is 0 Å². The van der Waals surface area contributed by atoms with E-state index in [1.807, 2.05) is 13.8 Å². The minimum atomic E-state index is -0.534. The van der Waals surface area contributed by atoms with Crippen LogP contribution in [0.2, 0.25) is 0 Å². The molecule has 0 aromatic carbocycles. The molecule has 1 aliphatic heterocycles. The predicted octanol–water partition coefficient (Wildman–Crippen LogP) is 2.82. The third kappa shape index (κ3) is 5.95. The first-order chi connectivity index (χ1) is 9.83. The first kappa shape index (κ1) is 18.4. The number of nitrogens with one attached hydrogen (secondary N) is 1. The third-order valence-electron chi connectivity index (χ3n) is 4.81. The second kappa shape index (κ2) is 8.14. The zero-order chi connectivity index (χ0) is 15.9. The number of unbranched alkanes of at least 4 members (excludes halogenated alkanes) is 1. The number of hydrogen-bond acceptors (Lipinski definition) is 4. The molecule has 1 rings (SSSR count). The zero-order valence-electron chi connectivity index (χ0n) is 14.6. The van der Waals surface area contributed by atoms with Crippen molar-refractivity contribution in [2.24, 2.45) is 5.41 Å². The van der Waals surface area contributed by atoms with Crippen molar-refractivity contribution in [3.8, 4) is 0 Å². The Hall–Kier alpha value is -0.610. The molecule has 0 saturated carbocycles. The number of rotatable bonds is 8. The second-order valence-electron chi connectivity index (χ2n) is 7.32. The Morgan fingerprint density at radius 2 is 1.90 bits per heavy atom. The predicted molar refractivity (Wildman–Crippen MR) is 87.4 cm³/mol. The van der Waals surface area contributed by atoms with Gasteiger partial charge in [0.1, 0.15) is 5.54 Å². The van der Waals surface area contributed by atoms with Crippen LogP contribution < -0.4 is 5.32 Å². The standard InChI is InChI=1S/C17H34N2O2/c1-6-18-17(4,15(20)21-5)9-7-8-12-19-13-10-16(2,3)11-14-19/h18H,6-14H2,1-5H3. The van der Waals surface area contributed by atoms with Gasteiger partial charge >= 0.3 is 5.97 Å². The van der Waals surface area contributed by atoms with Crippen LogP contribution >= 0.6 is 0 Å². The lowest BCUT2D eigenvalue weighted by molar-refractivity contribution is -0.148. The van der Waals surface area contributed by atoms with Gasteiger partial charge in [0, 0.05) is 0 Å². The number of carbonyl (C=O) groups is 1. The minimum Gasteiger partial charge on any atom is -0.468 e. The molecule has 0 aromatic heterocycles. The van der Waals surface area contributed by atoms with Crippen molar-refractivity contribution in [3.63, 3.8) is 0 Å². The Morgan fingerprint density at radius 3 is 2.43 bits per heavy atom. The molecule has 1 heterocycles. The molecular formula is C17H34N2O2. The lowest BCUT2D eigenvalue weighted by atomic mass is 9.82. The Morgan fingerprint density at radius 1 is 1.29 bits per heavy atom. The van der Waals surface area contributed by atoms with Gasteiger partial charge in [-0.2, -0.15) is 0 Å². The number of hydrogen-bond donors (Lipinski definition) is 1. The van der Waals surface area contributed by atoms with Gasteiger partial charge in [-0.05, 0) is 70.6 Å². The van der Waals surface area contributed by atoms with Crippen molar-refractivity contribution >= 4 is 5.97 Å². The summed E-state index contributed by atoms with van der Waals surface area (Å²) in [5, 5.41) is 3.27. The van der Waals surface area contributed by atoms with Crippen LogP contribution in [0.4, 0.5) is 0 Å². The van der Waals surface area contributed by atoms with Crippen LogP contribution in [-0.2, 0) is 9.53 Å². The normalized spacial score (nSPS) is 21.8. The van der Waals surface area contributed by atoms with Crippen molar-refractivity contribution in [1.82, 2.24) is 10.2 Å². The highest BCUT2D eigenvalue weighted by atomic mass is 16.5. The van der Waals surface area contributed by atoms with E-state index in [-0.39, 0.29) is 5.97 Å². The molecule has 124 valence electrons.